The van der Waals surface area contributed by atoms with Gasteiger partial charge in [-0.25, -0.2) is 0 Å². The Kier molecular flexibility index (Phi) is 7.54. The predicted octanol–water partition coefficient (Wildman–Crippen LogP) is 3.93. The molecule has 3 aromatic rings. The summed E-state index contributed by atoms with van der Waals surface area (Å²) in [6.45, 7) is 1.63. The fourth-order valence-electron chi connectivity index (χ4n) is 4.10. The zero-order valence-electron chi connectivity index (χ0n) is 19.6. The molecule has 1 aromatic heterocycles. The SMILES string of the molecule is COc1ccccc1NC(=S)N(Cc1cc2cc(OC)c(OC)cc2[nH]c1=O)C[C@H]1CCCO1. The number of nitrogens with one attached hydrogen (secondary N) is 2. The van der Waals surface area contributed by atoms with Crippen LogP contribution in [0, 0.1) is 0 Å². The Morgan fingerprint density at radius 2 is 1.85 bits per heavy atom. The molecule has 0 bridgehead atoms. The number of anilines is 1. The van der Waals surface area contributed by atoms with Crippen LogP contribution in [0.25, 0.3) is 10.9 Å². The van der Waals surface area contributed by atoms with Crippen molar-refractivity contribution in [2.75, 3.05) is 39.8 Å². The monoisotopic (exact) mass is 483 g/mol. The van der Waals surface area contributed by atoms with E-state index in [9.17, 15) is 4.79 Å². The van der Waals surface area contributed by atoms with Crippen molar-refractivity contribution in [3.05, 3.63) is 58.4 Å². The molecule has 0 saturated carbocycles. The summed E-state index contributed by atoms with van der Waals surface area (Å²) in [6, 6.07) is 13.1. The number of hydrogen-bond donors (Lipinski definition) is 2. The molecular formula is C25H29N3O5S. The number of benzene rings is 2. The Labute approximate surface area is 203 Å². The van der Waals surface area contributed by atoms with Gasteiger partial charge in [0, 0.05) is 30.2 Å². The molecule has 1 aliphatic rings. The first kappa shape index (κ1) is 23.8. The van der Waals surface area contributed by atoms with Gasteiger partial charge in [-0.05, 0) is 49.3 Å². The van der Waals surface area contributed by atoms with Gasteiger partial charge >= 0.3 is 0 Å². The summed E-state index contributed by atoms with van der Waals surface area (Å²) in [7, 11) is 4.77. The number of ether oxygens (including phenoxy) is 4. The van der Waals surface area contributed by atoms with Crippen molar-refractivity contribution in [1.82, 2.24) is 9.88 Å². The molecule has 1 aliphatic heterocycles. The Morgan fingerprint density at radius 3 is 2.56 bits per heavy atom. The third kappa shape index (κ3) is 5.26. The van der Waals surface area contributed by atoms with Gasteiger partial charge in [-0.2, -0.15) is 0 Å². The molecule has 1 fully saturated rings. The van der Waals surface area contributed by atoms with Crippen molar-refractivity contribution in [2.45, 2.75) is 25.5 Å². The van der Waals surface area contributed by atoms with E-state index in [1.54, 1.807) is 27.4 Å². The van der Waals surface area contributed by atoms with Crippen LogP contribution in [0.3, 0.4) is 0 Å². The van der Waals surface area contributed by atoms with Crippen molar-refractivity contribution in [3.8, 4) is 17.2 Å². The minimum Gasteiger partial charge on any atom is -0.495 e. The van der Waals surface area contributed by atoms with Crippen molar-refractivity contribution in [2.24, 2.45) is 0 Å². The number of nitrogens with zero attached hydrogens (tertiary/aromatic N) is 1. The molecule has 1 atom stereocenters. The minimum atomic E-state index is -0.183. The highest BCUT2D eigenvalue weighted by atomic mass is 32.1. The van der Waals surface area contributed by atoms with E-state index in [-0.39, 0.29) is 11.7 Å². The highest BCUT2D eigenvalue weighted by Crippen LogP contribution is 2.31. The second-order valence-electron chi connectivity index (χ2n) is 8.06. The van der Waals surface area contributed by atoms with Crippen LogP contribution in [0.5, 0.6) is 17.2 Å². The van der Waals surface area contributed by atoms with Crippen LogP contribution in [0.1, 0.15) is 18.4 Å². The van der Waals surface area contributed by atoms with Gasteiger partial charge < -0.3 is 34.1 Å². The van der Waals surface area contributed by atoms with Crippen LogP contribution in [-0.4, -0.2) is 55.6 Å². The van der Waals surface area contributed by atoms with Gasteiger partial charge in [-0.1, -0.05) is 12.1 Å². The second-order valence-corrected chi connectivity index (χ2v) is 8.45. The number of fused-ring (bicyclic) bond motifs is 1. The number of methoxy groups -OCH3 is 3. The minimum absolute atomic E-state index is 0.0568. The van der Waals surface area contributed by atoms with Gasteiger partial charge in [0.05, 0.1) is 45.2 Å². The molecule has 2 N–H and O–H groups in total. The zero-order valence-corrected chi connectivity index (χ0v) is 20.4. The molecule has 2 heterocycles. The van der Waals surface area contributed by atoms with E-state index >= 15 is 0 Å². The summed E-state index contributed by atoms with van der Waals surface area (Å²) in [5.41, 5.74) is 1.84. The number of hydrogen-bond acceptors (Lipinski definition) is 6. The van der Waals surface area contributed by atoms with Crippen molar-refractivity contribution in [3.63, 3.8) is 0 Å². The lowest BCUT2D eigenvalue weighted by Crippen LogP contribution is -2.40. The lowest BCUT2D eigenvalue weighted by Gasteiger charge is -2.28. The molecule has 8 nitrogen and oxygen atoms in total. The number of H-pyrrole nitrogens is 1. The Morgan fingerprint density at radius 1 is 1.12 bits per heavy atom. The fraction of sp³-hybridized carbons (Fsp3) is 0.360. The lowest BCUT2D eigenvalue weighted by molar-refractivity contribution is 0.0904. The summed E-state index contributed by atoms with van der Waals surface area (Å²) in [5, 5.41) is 4.61. The maximum absolute atomic E-state index is 13.0. The smallest absolute Gasteiger partial charge is 0.253 e. The molecule has 180 valence electrons. The van der Waals surface area contributed by atoms with Gasteiger partial charge in [0.15, 0.2) is 16.6 Å². The van der Waals surface area contributed by atoms with Crippen LogP contribution in [0.4, 0.5) is 5.69 Å². The molecule has 4 rings (SSSR count). The molecule has 0 aliphatic carbocycles. The number of thiocarbonyl (C=S) groups is 1. The summed E-state index contributed by atoms with van der Waals surface area (Å²) >= 11 is 5.77. The quantitative estimate of drug-likeness (QED) is 0.466. The second kappa shape index (κ2) is 10.8. The van der Waals surface area contributed by atoms with E-state index in [2.05, 4.69) is 10.3 Å². The molecule has 0 radical (unpaired) electrons. The first-order chi connectivity index (χ1) is 16.5. The van der Waals surface area contributed by atoms with E-state index in [1.165, 1.54) is 0 Å². The molecule has 0 unspecified atom stereocenters. The summed E-state index contributed by atoms with van der Waals surface area (Å²) < 4.78 is 22.1. The highest BCUT2D eigenvalue weighted by molar-refractivity contribution is 7.80. The van der Waals surface area contributed by atoms with E-state index in [0.29, 0.717) is 46.5 Å². The molecule has 0 amide bonds. The fourth-order valence-corrected chi connectivity index (χ4v) is 4.35. The van der Waals surface area contributed by atoms with E-state index < -0.39 is 0 Å². The van der Waals surface area contributed by atoms with Gasteiger partial charge in [0.25, 0.3) is 5.56 Å². The maximum atomic E-state index is 13.0. The van der Waals surface area contributed by atoms with Crippen LogP contribution >= 0.6 is 12.2 Å². The molecular weight excluding hydrogens is 454 g/mol. The van der Waals surface area contributed by atoms with Gasteiger partial charge in [0.1, 0.15) is 5.75 Å². The largest absolute Gasteiger partial charge is 0.495 e. The first-order valence-electron chi connectivity index (χ1n) is 11.1. The lowest BCUT2D eigenvalue weighted by atomic mass is 10.1. The Hall–Kier alpha value is -3.30. The van der Waals surface area contributed by atoms with Crippen molar-refractivity contribution >= 4 is 33.9 Å². The zero-order chi connectivity index (χ0) is 24.1. The molecule has 1 saturated heterocycles. The number of para-hydroxylation sites is 2. The number of rotatable bonds is 8. The summed E-state index contributed by atoms with van der Waals surface area (Å²) in [6.07, 6.45) is 2.03. The third-order valence-electron chi connectivity index (χ3n) is 5.87. The van der Waals surface area contributed by atoms with E-state index in [0.717, 1.165) is 30.5 Å². The summed E-state index contributed by atoms with van der Waals surface area (Å²) in [4.78, 5) is 17.9. The number of aromatic nitrogens is 1. The molecule has 0 spiro atoms. The van der Waals surface area contributed by atoms with Crippen molar-refractivity contribution < 1.29 is 18.9 Å². The van der Waals surface area contributed by atoms with Crippen LogP contribution in [0.2, 0.25) is 0 Å². The third-order valence-corrected chi connectivity index (χ3v) is 6.23. The summed E-state index contributed by atoms with van der Waals surface area (Å²) in [5.74, 6) is 1.84. The average Bonchev–Trinajstić information content (AvgIpc) is 3.36. The van der Waals surface area contributed by atoms with Gasteiger partial charge in [0.2, 0.25) is 0 Å². The predicted molar refractivity (Wildman–Crippen MR) is 136 cm³/mol. The maximum Gasteiger partial charge on any atom is 0.253 e. The van der Waals surface area contributed by atoms with Gasteiger partial charge in [-0.3, -0.25) is 4.79 Å². The molecule has 2 aromatic carbocycles. The average molecular weight is 484 g/mol. The molecule has 9 heteroatoms. The standard InChI is InChI=1S/C25H29N3O5S/c1-30-21-9-5-4-8-19(21)27-25(34)28(15-18-7-6-10-33-18)14-17-11-16-12-22(31-2)23(32-3)13-20(16)26-24(17)29/h4-5,8-9,11-13,18H,6-7,10,14-15H2,1-3H3,(H,26,29)(H,27,34)/t18-/m1/s1. The van der Waals surface area contributed by atoms with Crippen LogP contribution < -0.4 is 25.1 Å². The normalized spacial score (nSPS) is 15.2. The Bertz CT molecular complexity index is 1220. The highest BCUT2D eigenvalue weighted by Gasteiger charge is 2.23. The molecule has 34 heavy (non-hydrogen) atoms. The first-order valence-corrected chi connectivity index (χ1v) is 11.5. The number of pyridine rings is 1. The number of aromatic amines is 1. The van der Waals surface area contributed by atoms with Crippen molar-refractivity contribution in [1.29, 1.82) is 0 Å². The van der Waals surface area contributed by atoms with E-state index in [4.69, 9.17) is 31.2 Å². The Balaban J connectivity index is 1.64. The van der Waals surface area contributed by atoms with Crippen LogP contribution in [-0.2, 0) is 11.3 Å². The van der Waals surface area contributed by atoms with Crippen LogP contribution in [0.15, 0.2) is 47.3 Å². The topological polar surface area (TPSA) is 85.1 Å². The van der Waals surface area contributed by atoms with Gasteiger partial charge in [-0.15, -0.1) is 0 Å². The van der Waals surface area contributed by atoms with E-state index in [1.807, 2.05) is 41.3 Å².